The Hall–Kier alpha value is -1.76. The smallest absolute Gasteiger partial charge is 0.150 e. The van der Waals surface area contributed by atoms with Crippen molar-refractivity contribution in [3.63, 3.8) is 0 Å². The van der Waals surface area contributed by atoms with Gasteiger partial charge in [-0.05, 0) is 18.1 Å². The third-order valence-electron chi connectivity index (χ3n) is 2.74. The second kappa shape index (κ2) is 5.70. The van der Waals surface area contributed by atoms with Crippen LogP contribution in [0.5, 0.6) is 0 Å². The van der Waals surface area contributed by atoms with Crippen molar-refractivity contribution < 1.29 is 8.78 Å². The lowest BCUT2D eigenvalue weighted by Crippen LogP contribution is -2.08. The van der Waals surface area contributed by atoms with Crippen LogP contribution in [0.25, 0.3) is 0 Å². The van der Waals surface area contributed by atoms with E-state index in [1.807, 2.05) is 13.8 Å². The Bertz CT molecular complexity index is 623. The molecule has 7 heteroatoms. The van der Waals surface area contributed by atoms with Gasteiger partial charge in [0.15, 0.2) is 11.6 Å². The Kier molecular flexibility index (Phi) is 4.17. The van der Waals surface area contributed by atoms with E-state index in [2.05, 4.69) is 31.2 Å². The Labute approximate surface area is 123 Å². The molecular weight excluding hydrogens is 330 g/mol. The Morgan fingerprint density at radius 1 is 1.20 bits per heavy atom. The first-order chi connectivity index (χ1) is 9.40. The maximum atomic E-state index is 13.8. The van der Waals surface area contributed by atoms with Gasteiger partial charge in [-0.1, -0.05) is 29.8 Å². The van der Waals surface area contributed by atoms with Crippen molar-refractivity contribution in [2.24, 2.45) is 0 Å². The van der Waals surface area contributed by atoms with Crippen LogP contribution in [0, 0.1) is 11.6 Å². The van der Waals surface area contributed by atoms with Crippen molar-refractivity contribution in [3.8, 4) is 0 Å². The van der Waals surface area contributed by atoms with Crippen LogP contribution in [0.2, 0.25) is 0 Å². The SMILES string of the molecule is CC(C)c1c(N)ncnc1Nc1c(F)cc(Br)cc1F. The van der Waals surface area contributed by atoms with E-state index in [0.29, 0.717) is 15.9 Å². The largest absolute Gasteiger partial charge is 0.383 e. The lowest BCUT2D eigenvalue weighted by Gasteiger charge is -2.15. The molecule has 0 aliphatic heterocycles. The normalized spacial score (nSPS) is 10.9. The van der Waals surface area contributed by atoms with Gasteiger partial charge in [0, 0.05) is 10.0 Å². The molecule has 0 aliphatic rings. The van der Waals surface area contributed by atoms with E-state index in [1.54, 1.807) is 0 Å². The first-order valence-electron chi connectivity index (χ1n) is 5.92. The van der Waals surface area contributed by atoms with Crippen LogP contribution in [0.4, 0.5) is 26.1 Å². The fraction of sp³-hybridized carbons (Fsp3) is 0.231. The van der Waals surface area contributed by atoms with Crippen molar-refractivity contribution in [2.75, 3.05) is 11.1 Å². The van der Waals surface area contributed by atoms with Gasteiger partial charge in [-0.3, -0.25) is 0 Å². The molecule has 106 valence electrons. The maximum Gasteiger partial charge on any atom is 0.150 e. The van der Waals surface area contributed by atoms with Gasteiger partial charge in [0.2, 0.25) is 0 Å². The van der Waals surface area contributed by atoms with Crippen LogP contribution >= 0.6 is 15.9 Å². The quantitative estimate of drug-likeness (QED) is 0.885. The Balaban J connectivity index is 2.48. The molecule has 0 fully saturated rings. The van der Waals surface area contributed by atoms with Gasteiger partial charge in [-0.15, -0.1) is 0 Å². The van der Waals surface area contributed by atoms with Gasteiger partial charge in [0.05, 0.1) is 0 Å². The molecule has 1 aromatic heterocycles. The topological polar surface area (TPSA) is 63.8 Å². The first kappa shape index (κ1) is 14.6. The zero-order valence-corrected chi connectivity index (χ0v) is 12.5. The lowest BCUT2D eigenvalue weighted by molar-refractivity contribution is 0.589. The van der Waals surface area contributed by atoms with Crippen LogP contribution in [-0.2, 0) is 0 Å². The van der Waals surface area contributed by atoms with Crippen LogP contribution in [-0.4, -0.2) is 9.97 Å². The van der Waals surface area contributed by atoms with Gasteiger partial charge in [-0.2, -0.15) is 0 Å². The zero-order valence-electron chi connectivity index (χ0n) is 10.9. The summed E-state index contributed by atoms with van der Waals surface area (Å²) in [6.07, 6.45) is 1.25. The summed E-state index contributed by atoms with van der Waals surface area (Å²) in [6, 6.07) is 2.34. The fourth-order valence-electron chi connectivity index (χ4n) is 1.86. The minimum atomic E-state index is -0.719. The molecule has 0 atom stereocenters. The Morgan fingerprint density at radius 3 is 2.35 bits per heavy atom. The summed E-state index contributed by atoms with van der Waals surface area (Å²) in [5, 5.41) is 2.66. The van der Waals surface area contributed by atoms with E-state index < -0.39 is 11.6 Å². The number of hydrogen-bond acceptors (Lipinski definition) is 4. The molecule has 0 spiro atoms. The van der Waals surface area contributed by atoms with E-state index in [4.69, 9.17) is 5.73 Å². The number of rotatable bonds is 3. The lowest BCUT2D eigenvalue weighted by atomic mass is 10.0. The van der Waals surface area contributed by atoms with Crippen molar-refractivity contribution in [1.82, 2.24) is 9.97 Å². The summed E-state index contributed by atoms with van der Waals surface area (Å²) < 4.78 is 28.0. The molecule has 0 saturated carbocycles. The van der Waals surface area contributed by atoms with Crippen LogP contribution in [0.15, 0.2) is 22.9 Å². The third kappa shape index (κ3) is 2.87. The minimum absolute atomic E-state index is 0.0141. The van der Waals surface area contributed by atoms with Gasteiger partial charge in [-0.25, -0.2) is 18.7 Å². The van der Waals surface area contributed by atoms with Crippen molar-refractivity contribution >= 4 is 33.3 Å². The van der Waals surface area contributed by atoms with Crippen LogP contribution in [0.1, 0.15) is 25.3 Å². The summed E-state index contributed by atoms with van der Waals surface area (Å²) in [6.45, 7) is 3.79. The standard InChI is InChI=1S/C13H13BrF2N4/c1-6(2)10-12(17)18-5-19-13(10)20-11-8(15)3-7(14)4-9(11)16/h3-6H,1-2H3,(H3,17,18,19,20). The second-order valence-corrected chi connectivity index (χ2v) is 5.46. The van der Waals surface area contributed by atoms with Gasteiger partial charge in [0.1, 0.15) is 23.7 Å². The molecule has 0 radical (unpaired) electrons. The number of aromatic nitrogens is 2. The summed E-state index contributed by atoms with van der Waals surface area (Å²) in [7, 11) is 0. The maximum absolute atomic E-state index is 13.8. The number of halogens is 3. The summed E-state index contributed by atoms with van der Waals surface area (Å²) in [5.74, 6) is -0.837. The van der Waals surface area contributed by atoms with Crippen molar-refractivity contribution in [2.45, 2.75) is 19.8 Å². The summed E-state index contributed by atoms with van der Waals surface area (Å²) in [5.41, 5.74) is 6.14. The average Bonchev–Trinajstić information content (AvgIpc) is 2.33. The highest BCUT2D eigenvalue weighted by atomic mass is 79.9. The molecule has 2 aromatic rings. The van der Waals surface area contributed by atoms with E-state index in [9.17, 15) is 8.78 Å². The highest BCUT2D eigenvalue weighted by Gasteiger charge is 2.17. The highest BCUT2D eigenvalue weighted by Crippen LogP contribution is 2.31. The van der Waals surface area contributed by atoms with Crippen LogP contribution < -0.4 is 11.1 Å². The average molecular weight is 343 g/mol. The number of nitrogen functional groups attached to an aromatic ring is 1. The number of hydrogen-bond donors (Lipinski definition) is 2. The van der Waals surface area contributed by atoms with Crippen molar-refractivity contribution in [1.29, 1.82) is 0 Å². The van der Waals surface area contributed by atoms with E-state index in [0.717, 1.165) is 0 Å². The van der Waals surface area contributed by atoms with Crippen LogP contribution in [0.3, 0.4) is 0 Å². The third-order valence-corrected chi connectivity index (χ3v) is 3.20. The first-order valence-corrected chi connectivity index (χ1v) is 6.71. The molecular formula is C13H13BrF2N4. The molecule has 3 N–H and O–H groups in total. The predicted molar refractivity (Wildman–Crippen MR) is 77.9 cm³/mol. The molecule has 1 heterocycles. The molecule has 20 heavy (non-hydrogen) atoms. The number of benzene rings is 1. The number of nitrogens with one attached hydrogen (secondary N) is 1. The van der Waals surface area contributed by atoms with E-state index in [1.165, 1.54) is 18.5 Å². The molecule has 0 amide bonds. The van der Waals surface area contributed by atoms with E-state index in [-0.39, 0.29) is 17.4 Å². The molecule has 0 unspecified atom stereocenters. The number of nitrogens with two attached hydrogens (primary N) is 1. The number of nitrogens with zero attached hydrogens (tertiary/aromatic N) is 2. The Morgan fingerprint density at radius 2 is 1.80 bits per heavy atom. The molecule has 0 aliphatic carbocycles. The monoisotopic (exact) mass is 342 g/mol. The van der Waals surface area contributed by atoms with E-state index >= 15 is 0 Å². The highest BCUT2D eigenvalue weighted by molar-refractivity contribution is 9.10. The molecule has 2 rings (SSSR count). The minimum Gasteiger partial charge on any atom is -0.383 e. The van der Waals surface area contributed by atoms with Crippen molar-refractivity contribution in [3.05, 3.63) is 40.1 Å². The zero-order chi connectivity index (χ0) is 14.9. The molecule has 4 nitrogen and oxygen atoms in total. The number of anilines is 3. The predicted octanol–water partition coefficient (Wildman–Crippen LogP) is 3.97. The molecule has 1 aromatic carbocycles. The summed E-state index contributed by atoms with van der Waals surface area (Å²) >= 11 is 3.03. The summed E-state index contributed by atoms with van der Waals surface area (Å²) in [4.78, 5) is 7.91. The molecule has 0 bridgehead atoms. The van der Waals surface area contributed by atoms with Gasteiger partial charge < -0.3 is 11.1 Å². The molecule has 0 saturated heterocycles. The van der Waals surface area contributed by atoms with Gasteiger partial charge in [0.25, 0.3) is 0 Å². The second-order valence-electron chi connectivity index (χ2n) is 4.55. The van der Waals surface area contributed by atoms with Gasteiger partial charge >= 0.3 is 0 Å². The fourth-order valence-corrected chi connectivity index (χ4v) is 2.26.